The van der Waals surface area contributed by atoms with Crippen molar-refractivity contribution in [3.63, 3.8) is 0 Å². The number of carbonyl (C=O) groups excluding carboxylic acids is 1. The minimum Gasteiger partial charge on any atom is -0.394 e. The van der Waals surface area contributed by atoms with Crippen molar-refractivity contribution in [3.8, 4) is 0 Å². The van der Waals surface area contributed by atoms with Crippen molar-refractivity contribution in [2.45, 2.75) is 471 Å². The molecule has 19 nitrogen and oxygen atoms in total. The van der Waals surface area contributed by atoms with Crippen LogP contribution in [0.5, 0.6) is 0 Å². The van der Waals surface area contributed by atoms with Gasteiger partial charge in [-0.05, 0) is 51.4 Å². The van der Waals surface area contributed by atoms with Gasteiger partial charge in [0, 0.05) is 6.42 Å². The summed E-state index contributed by atoms with van der Waals surface area (Å²) in [4.78, 5) is 13.5. The number of aliphatic hydroxyl groups is 11. The van der Waals surface area contributed by atoms with E-state index in [4.69, 9.17) is 28.4 Å². The topological polar surface area (TPSA) is 307 Å². The van der Waals surface area contributed by atoms with Gasteiger partial charge < -0.3 is 89.9 Å². The molecule has 0 aromatic heterocycles. The predicted molar refractivity (Wildman–Crippen MR) is 416 cm³/mol. The molecule has 0 saturated carbocycles. The van der Waals surface area contributed by atoms with Gasteiger partial charge in [-0.25, -0.2) is 0 Å². The Kier molecular flexibility index (Phi) is 60.8. The molecule has 3 fully saturated rings. The van der Waals surface area contributed by atoms with Gasteiger partial charge in [-0.2, -0.15) is 0 Å². The van der Waals surface area contributed by atoms with E-state index in [1.807, 2.05) is 0 Å². The first kappa shape index (κ1) is 96.2. The SMILES string of the molecule is CCCCCCC/C=C\C/C=C\C/C=C\CCCCCCCCCCCCCCCCCCCCCCCCCCCCC(=O)NC(COC1OC(CO)C(OC2OC(CO)C(OC3OC(CO)C(O)C(O)C3O)C(O)C2O)C(O)C1O)C(O)CCCCCCCCCCCCCCCCCCCC. The molecule has 1 amide bonds. The van der Waals surface area contributed by atoms with Crippen LogP contribution in [0, 0.1) is 0 Å². The smallest absolute Gasteiger partial charge is 0.220 e. The molecule has 0 aromatic rings. The number of ether oxygens (including phenoxy) is 6. The highest BCUT2D eigenvalue weighted by molar-refractivity contribution is 5.76. The number of hydrogen-bond acceptors (Lipinski definition) is 18. The van der Waals surface area contributed by atoms with Crippen LogP contribution in [0.15, 0.2) is 36.5 Å². The molecule has 19 heteroatoms. The Labute approximate surface area is 631 Å². The number of hydrogen-bond donors (Lipinski definition) is 12. The molecule has 0 aliphatic carbocycles. The first-order valence-corrected chi connectivity index (χ1v) is 43.2. The zero-order chi connectivity index (χ0) is 75.3. The number of aliphatic hydroxyl groups excluding tert-OH is 11. The Morgan fingerprint density at radius 1 is 0.346 bits per heavy atom. The Morgan fingerprint density at radius 2 is 0.635 bits per heavy atom. The average Bonchev–Trinajstić information content (AvgIpc) is 0.783. The third-order valence-corrected chi connectivity index (χ3v) is 21.7. The summed E-state index contributed by atoms with van der Waals surface area (Å²) in [5, 5.41) is 121. The molecule has 3 aliphatic rings. The van der Waals surface area contributed by atoms with Crippen LogP contribution in [-0.4, -0.2) is 193 Å². The van der Waals surface area contributed by atoms with Gasteiger partial charge in [-0.3, -0.25) is 4.79 Å². The fourth-order valence-electron chi connectivity index (χ4n) is 14.8. The number of carbonyl (C=O) groups is 1. The van der Waals surface area contributed by atoms with Crippen molar-refractivity contribution < 1.29 is 89.4 Å². The molecule has 0 aromatic carbocycles. The summed E-state index contributed by atoms with van der Waals surface area (Å²) in [7, 11) is 0. The molecule has 104 heavy (non-hydrogen) atoms. The maximum atomic E-state index is 13.5. The fourth-order valence-corrected chi connectivity index (χ4v) is 14.8. The Bertz CT molecular complexity index is 2020. The van der Waals surface area contributed by atoms with E-state index < -0.39 is 124 Å². The zero-order valence-electron chi connectivity index (χ0n) is 65.8. The molecule has 12 N–H and O–H groups in total. The van der Waals surface area contributed by atoms with Crippen molar-refractivity contribution in [3.05, 3.63) is 36.5 Å². The largest absolute Gasteiger partial charge is 0.394 e. The van der Waals surface area contributed by atoms with Crippen LogP contribution in [0.1, 0.15) is 367 Å². The minimum absolute atomic E-state index is 0.235. The number of nitrogens with one attached hydrogen (secondary N) is 1. The number of unbranched alkanes of at least 4 members (excludes halogenated alkanes) is 48. The van der Waals surface area contributed by atoms with Crippen LogP contribution >= 0.6 is 0 Å². The van der Waals surface area contributed by atoms with Crippen LogP contribution in [0.3, 0.4) is 0 Å². The quantitative estimate of drug-likeness (QED) is 0.0199. The molecule has 3 aliphatic heterocycles. The molecule has 0 radical (unpaired) electrons. The highest BCUT2D eigenvalue weighted by atomic mass is 16.8. The van der Waals surface area contributed by atoms with Gasteiger partial charge in [0.05, 0.1) is 38.6 Å². The summed E-state index contributed by atoms with van der Waals surface area (Å²) in [5.41, 5.74) is 0. The van der Waals surface area contributed by atoms with E-state index in [9.17, 15) is 61.0 Å². The molecule has 0 bridgehead atoms. The van der Waals surface area contributed by atoms with E-state index in [0.29, 0.717) is 12.8 Å². The summed E-state index contributed by atoms with van der Waals surface area (Å²) in [6, 6.07) is -0.886. The van der Waals surface area contributed by atoms with Gasteiger partial charge in [0.2, 0.25) is 5.91 Å². The van der Waals surface area contributed by atoms with Crippen LogP contribution in [0.4, 0.5) is 0 Å². The molecule has 17 atom stereocenters. The molecule has 0 spiro atoms. The summed E-state index contributed by atoms with van der Waals surface area (Å²) >= 11 is 0. The Hall–Kier alpha value is -1.99. The van der Waals surface area contributed by atoms with Crippen molar-refractivity contribution in [1.82, 2.24) is 5.32 Å². The summed E-state index contributed by atoms with van der Waals surface area (Å²) in [5.74, 6) is -0.235. The lowest BCUT2D eigenvalue weighted by Crippen LogP contribution is -2.66. The van der Waals surface area contributed by atoms with Crippen molar-refractivity contribution in [2.24, 2.45) is 0 Å². The Morgan fingerprint density at radius 3 is 0.990 bits per heavy atom. The normalized spacial score (nSPS) is 26.0. The first-order valence-electron chi connectivity index (χ1n) is 43.2. The van der Waals surface area contributed by atoms with Crippen molar-refractivity contribution >= 4 is 5.91 Å². The van der Waals surface area contributed by atoms with Crippen molar-refractivity contribution in [2.75, 3.05) is 26.4 Å². The second kappa shape index (κ2) is 65.7. The number of rotatable bonds is 70. The standard InChI is InChI=1S/C85H159NO18/c1-3-5-7-9-11-13-15-17-19-21-23-24-25-26-27-28-29-30-31-32-33-34-35-36-37-38-39-40-41-42-43-44-45-47-49-51-53-55-57-59-61-63-73(91)86-68(69(90)62-60-58-56-54-52-50-48-46-22-20-18-16-14-12-10-8-6-4-2)67-99-83-79(97)76(94)81(71(65-88)101-83)104-85-80(98)77(95)82(72(66-89)102-85)103-84-78(96)75(93)74(92)70(64-87)100-84/h15,17,21,23,25-26,68-72,74-85,87-90,92-98H,3-14,16,18-20,22,24,27-67H2,1-2H3,(H,86,91)/b17-15-,23-21-,26-25-. The lowest BCUT2D eigenvalue weighted by molar-refractivity contribution is -0.379. The van der Waals surface area contributed by atoms with Gasteiger partial charge in [0.1, 0.15) is 73.2 Å². The van der Waals surface area contributed by atoms with Gasteiger partial charge in [0.25, 0.3) is 0 Å². The maximum Gasteiger partial charge on any atom is 0.220 e. The van der Waals surface area contributed by atoms with E-state index >= 15 is 0 Å². The average molecular weight is 1480 g/mol. The summed E-state index contributed by atoms with van der Waals surface area (Å²) < 4.78 is 34.5. The van der Waals surface area contributed by atoms with E-state index in [2.05, 4.69) is 55.6 Å². The van der Waals surface area contributed by atoms with Gasteiger partial charge in [0.15, 0.2) is 18.9 Å². The summed E-state index contributed by atoms with van der Waals surface area (Å²) in [6.45, 7) is 1.84. The molecule has 3 saturated heterocycles. The minimum atomic E-state index is -1.97. The van der Waals surface area contributed by atoms with Gasteiger partial charge in [-0.15, -0.1) is 0 Å². The van der Waals surface area contributed by atoms with Crippen molar-refractivity contribution in [1.29, 1.82) is 0 Å². The third-order valence-electron chi connectivity index (χ3n) is 21.7. The molecule has 3 rings (SSSR count). The number of amides is 1. The fraction of sp³-hybridized carbons (Fsp3) is 0.918. The second-order valence-electron chi connectivity index (χ2n) is 31.0. The molecular weight excluding hydrogens is 1320 g/mol. The molecule has 17 unspecified atom stereocenters. The van der Waals surface area contributed by atoms with Gasteiger partial charge >= 0.3 is 0 Å². The zero-order valence-corrected chi connectivity index (χ0v) is 65.8. The third kappa shape index (κ3) is 44.8. The number of allylic oxidation sites excluding steroid dienone is 6. The molecular formula is C85H159NO18. The lowest BCUT2D eigenvalue weighted by Gasteiger charge is -2.48. The van der Waals surface area contributed by atoms with E-state index in [-0.39, 0.29) is 18.9 Å². The van der Waals surface area contributed by atoms with Crippen LogP contribution in [0.2, 0.25) is 0 Å². The monoisotopic (exact) mass is 1480 g/mol. The highest BCUT2D eigenvalue weighted by Crippen LogP contribution is 2.34. The van der Waals surface area contributed by atoms with Crippen LogP contribution in [-0.2, 0) is 33.2 Å². The summed E-state index contributed by atoms with van der Waals surface area (Å²) in [6.07, 6.45) is 55.5. The highest BCUT2D eigenvalue weighted by Gasteiger charge is 2.54. The molecule has 3 heterocycles. The van der Waals surface area contributed by atoms with E-state index in [1.165, 1.54) is 276 Å². The second-order valence-corrected chi connectivity index (χ2v) is 31.0. The van der Waals surface area contributed by atoms with Gasteiger partial charge in [-0.1, -0.05) is 346 Å². The Balaban J connectivity index is 1.27. The van der Waals surface area contributed by atoms with Crippen LogP contribution in [0.25, 0.3) is 0 Å². The van der Waals surface area contributed by atoms with E-state index in [1.54, 1.807) is 0 Å². The lowest BCUT2D eigenvalue weighted by atomic mass is 9.96. The van der Waals surface area contributed by atoms with Crippen LogP contribution < -0.4 is 5.32 Å². The molecule has 612 valence electrons. The first-order chi connectivity index (χ1) is 50.8. The van der Waals surface area contributed by atoms with E-state index in [0.717, 1.165) is 57.8 Å². The maximum absolute atomic E-state index is 13.5. The predicted octanol–water partition coefficient (Wildman–Crippen LogP) is 15.5.